The molecule has 3 aliphatic heterocycles. The Hall–Kier alpha value is -0.800. The maximum atomic E-state index is 13.4. The lowest BCUT2D eigenvalue weighted by Crippen LogP contribution is -2.50. The van der Waals surface area contributed by atoms with E-state index in [-0.39, 0.29) is 28.9 Å². The van der Waals surface area contributed by atoms with Crippen molar-refractivity contribution in [3.8, 4) is 0 Å². The summed E-state index contributed by atoms with van der Waals surface area (Å²) in [6.45, 7) is 2.20. The zero-order chi connectivity index (χ0) is 21.1. The Morgan fingerprint density at radius 2 is 1.90 bits per heavy atom. The molecule has 30 heavy (non-hydrogen) atoms. The molecule has 1 aromatic rings. The van der Waals surface area contributed by atoms with Gasteiger partial charge in [0.25, 0.3) is 0 Å². The van der Waals surface area contributed by atoms with Crippen molar-refractivity contribution in [1.82, 2.24) is 9.21 Å². The maximum Gasteiger partial charge on any atom is 0.243 e. The van der Waals surface area contributed by atoms with Gasteiger partial charge in [0.2, 0.25) is 15.9 Å². The molecule has 0 spiro atoms. The highest BCUT2D eigenvalue weighted by molar-refractivity contribution is 7.99. The minimum atomic E-state index is -3.56. The lowest BCUT2D eigenvalue weighted by molar-refractivity contribution is -0.140. The van der Waals surface area contributed by atoms with E-state index in [2.05, 4.69) is 4.90 Å². The molecule has 0 saturated carbocycles. The Labute approximate surface area is 188 Å². The summed E-state index contributed by atoms with van der Waals surface area (Å²) in [5.74, 6) is 2.15. The summed E-state index contributed by atoms with van der Waals surface area (Å²) >= 11 is 7.79. The predicted molar refractivity (Wildman–Crippen MR) is 119 cm³/mol. The number of sulfonamides is 1. The van der Waals surface area contributed by atoms with E-state index in [1.54, 1.807) is 12.1 Å². The summed E-state index contributed by atoms with van der Waals surface area (Å²) in [6, 6.07) is 6.54. The fourth-order valence-corrected chi connectivity index (χ4v) is 7.35. The van der Waals surface area contributed by atoms with Crippen LogP contribution < -0.4 is 0 Å². The largest absolute Gasteiger partial charge is 0.376 e. The van der Waals surface area contributed by atoms with Crippen LogP contribution in [0.25, 0.3) is 0 Å². The summed E-state index contributed by atoms with van der Waals surface area (Å²) in [4.78, 5) is 15.7. The fourth-order valence-electron chi connectivity index (χ4n) is 4.53. The molecule has 166 valence electrons. The van der Waals surface area contributed by atoms with Gasteiger partial charge in [-0.2, -0.15) is 16.1 Å². The molecule has 0 aliphatic carbocycles. The number of hydrogen-bond donors (Lipinski definition) is 0. The normalized spacial score (nSPS) is 26.2. The molecule has 2 unspecified atom stereocenters. The van der Waals surface area contributed by atoms with Gasteiger partial charge >= 0.3 is 0 Å². The minimum Gasteiger partial charge on any atom is -0.376 e. The van der Waals surface area contributed by atoms with Gasteiger partial charge in [-0.1, -0.05) is 11.6 Å². The van der Waals surface area contributed by atoms with E-state index in [1.165, 1.54) is 16.4 Å². The van der Waals surface area contributed by atoms with Crippen molar-refractivity contribution in [2.75, 3.05) is 37.7 Å². The summed E-state index contributed by atoms with van der Waals surface area (Å²) in [6.07, 6.45) is 4.38. The molecule has 0 aromatic heterocycles. The lowest BCUT2D eigenvalue weighted by atomic mass is 9.95. The average molecular weight is 473 g/mol. The number of amides is 1. The Bertz CT molecular complexity index is 829. The molecule has 3 fully saturated rings. The van der Waals surface area contributed by atoms with Crippen LogP contribution in [0.1, 0.15) is 32.1 Å². The number of benzene rings is 1. The van der Waals surface area contributed by atoms with Crippen LogP contribution in [0.2, 0.25) is 5.02 Å². The third-order valence-electron chi connectivity index (χ3n) is 6.31. The number of carbonyl (C=O) groups excluding carboxylic acids is 1. The predicted octanol–water partition coefficient (Wildman–Crippen LogP) is 3.25. The van der Waals surface area contributed by atoms with Crippen molar-refractivity contribution in [1.29, 1.82) is 0 Å². The van der Waals surface area contributed by atoms with Gasteiger partial charge in [-0.05, 0) is 62.1 Å². The second-order valence-electron chi connectivity index (χ2n) is 8.28. The Morgan fingerprint density at radius 3 is 2.50 bits per heavy atom. The molecule has 3 aliphatic rings. The van der Waals surface area contributed by atoms with Crippen molar-refractivity contribution < 1.29 is 17.9 Å². The van der Waals surface area contributed by atoms with Crippen LogP contribution in [0.4, 0.5) is 0 Å². The molecule has 2 atom stereocenters. The Morgan fingerprint density at radius 1 is 1.17 bits per heavy atom. The highest BCUT2D eigenvalue weighted by Crippen LogP contribution is 2.30. The zero-order valence-electron chi connectivity index (χ0n) is 17.0. The van der Waals surface area contributed by atoms with Crippen molar-refractivity contribution in [2.45, 2.75) is 49.1 Å². The number of hydrogen-bond acceptors (Lipinski definition) is 5. The average Bonchev–Trinajstić information content (AvgIpc) is 3.46. The first-order valence-corrected chi connectivity index (χ1v) is 13.7. The van der Waals surface area contributed by atoms with Gasteiger partial charge in [0.15, 0.2) is 0 Å². The van der Waals surface area contributed by atoms with Crippen LogP contribution in [-0.4, -0.2) is 73.4 Å². The van der Waals surface area contributed by atoms with Gasteiger partial charge in [0, 0.05) is 49.0 Å². The Kier molecular flexibility index (Phi) is 7.30. The summed E-state index contributed by atoms with van der Waals surface area (Å²) < 4.78 is 33.1. The molecule has 0 bridgehead atoms. The van der Waals surface area contributed by atoms with Crippen molar-refractivity contribution in [2.24, 2.45) is 5.92 Å². The fraction of sp³-hybridized carbons (Fsp3) is 0.667. The molecule has 6 nitrogen and oxygen atoms in total. The van der Waals surface area contributed by atoms with Crippen molar-refractivity contribution in [3.05, 3.63) is 29.3 Å². The van der Waals surface area contributed by atoms with E-state index >= 15 is 0 Å². The van der Waals surface area contributed by atoms with E-state index in [1.807, 2.05) is 11.8 Å². The molecule has 3 heterocycles. The molecule has 1 amide bonds. The van der Waals surface area contributed by atoms with Gasteiger partial charge in [0.05, 0.1) is 11.0 Å². The molecular formula is C21H29ClN2O4S2. The van der Waals surface area contributed by atoms with Crippen LogP contribution in [0.5, 0.6) is 0 Å². The summed E-state index contributed by atoms with van der Waals surface area (Å²) in [5.41, 5.74) is 0. The van der Waals surface area contributed by atoms with Gasteiger partial charge in [-0.3, -0.25) is 4.79 Å². The number of rotatable bonds is 6. The zero-order valence-corrected chi connectivity index (χ0v) is 19.4. The van der Waals surface area contributed by atoms with E-state index in [9.17, 15) is 13.2 Å². The van der Waals surface area contributed by atoms with E-state index in [0.29, 0.717) is 37.5 Å². The highest BCUT2D eigenvalue weighted by Gasteiger charge is 2.37. The first-order valence-electron chi connectivity index (χ1n) is 10.7. The maximum absolute atomic E-state index is 13.4. The monoisotopic (exact) mass is 472 g/mol. The second kappa shape index (κ2) is 9.77. The van der Waals surface area contributed by atoms with Crippen LogP contribution >= 0.6 is 23.4 Å². The van der Waals surface area contributed by atoms with E-state index in [0.717, 1.165) is 37.4 Å². The highest BCUT2D eigenvalue weighted by atomic mass is 35.5. The standard InChI is InChI=1S/C21H29ClN2O4S2/c22-17-3-5-20(6-4-17)30(26,27)23-10-7-16(8-11-23)21(25)24(18-9-13-29-15-18)14-19-2-1-12-28-19/h3-6,16,18-19H,1-2,7-15H2. The van der Waals surface area contributed by atoms with Gasteiger partial charge in [-0.25, -0.2) is 8.42 Å². The quantitative estimate of drug-likeness (QED) is 0.635. The number of thioether (sulfide) groups is 1. The third kappa shape index (κ3) is 4.99. The topological polar surface area (TPSA) is 66.9 Å². The van der Waals surface area contributed by atoms with E-state index in [4.69, 9.17) is 16.3 Å². The molecule has 9 heteroatoms. The van der Waals surface area contributed by atoms with E-state index < -0.39 is 10.0 Å². The molecule has 3 saturated heterocycles. The molecular weight excluding hydrogens is 444 g/mol. The first-order chi connectivity index (χ1) is 14.4. The van der Waals surface area contributed by atoms with Crippen LogP contribution in [-0.2, 0) is 19.6 Å². The number of carbonyl (C=O) groups is 1. The number of halogens is 1. The number of piperidine rings is 1. The smallest absolute Gasteiger partial charge is 0.243 e. The molecule has 1 aromatic carbocycles. The second-order valence-corrected chi connectivity index (χ2v) is 11.8. The van der Waals surface area contributed by atoms with Gasteiger partial charge < -0.3 is 9.64 Å². The van der Waals surface area contributed by atoms with Crippen LogP contribution in [0.15, 0.2) is 29.2 Å². The Balaban J connectivity index is 1.40. The SMILES string of the molecule is O=C(C1CCN(S(=O)(=O)c2ccc(Cl)cc2)CC1)N(CC1CCCO1)C1CCSC1. The van der Waals surface area contributed by atoms with Gasteiger partial charge in [-0.15, -0.1) is 0 Å². The summed E-state index contributed by atoms with van der Waals surface area (Å²) in [7, 11) is -3.56. The number of nitrogens with zero attached hydrogens (tertiary/aromatic N) is 2. The third-order valence-corrected chi connectivity index (χ3v) is 9.62. The summed E-state index contributed by atoms with van der Waals surface area (Å²) in [5, 5.41) is 0.509. The number of ether oxygens (including phenoxy) is 1. The first kappa shape index (κ1) is 22.4. The van der Waals surface area contributed by atoms with Crippen LogP contribution in [0.3, 0.4) is 0 Å². The minimum absolute atomic E-state index is 0.117. The van der Waals surface area contributed by atoms with Crippen LogP contribution in [0, 0.1) is 5.92 Å². The molecule has 4 rings (SSSR count). The van der Waals surface area contributed by atoms with Gasteiger partial charge in [0.1, 0.15) is 0 Å². The molecule has 0 N–H and O–H groups in total. The molecule has 0 radical (unpaired) electrons. The van der Waals surface area contributed by atoms with Crippen molar-refractivity contribution in [3.63, 3.8) is 0 Å². The lowest BCUT2D eigenvalue weighted by Gasteiger charge is -2.37. The van der Waals surface area contributed by atoms with Crippen molar-refractivity contribution >= 4 is 39.3 Å².